The average molecular weight is 529 g/mol. The molecule has 0 unspecified atom stereocenters. The van der Waals surface area contributed by atoms with Gasteiger partial charge in [0.2, 0.25) is 17.7 Å². The van der Waals surface area contributed by atoms with Crippen LogP contribution in [0.15, 0.2) is 29.2 Å². The number of likely N-dealkylation sites (N-methyl/N-ethyl adjacent to an activating group) is 1. The van der Waals surface area contributed by atoms with Crippen LogP contribution >= 0.6 is 11.8 Å². The molecule has 0 bridgehead atoms. The van der Waals surface area contributed by atoms with E-state index in [1.165, 1.54) is 16.7 Å². The molecule has 3 amide bonds. The first-order chi connectivity index (χ1) is 17.6. The predicted octanol–water partition coefficient (Wildman–Crippen LogP) is 3.36. The van der Waals surface area contributed by atoms with Crippen molar-refractivity contribution in [2.75, 3.05) is 25.9 Å². The van der Waals surface area contributed by atoms with Gasteiger partial charge in [0, 0.05) is 31.5 Å². The molecule has 0 saturated heterocycles. The number of carbonyl (C=O) groups is 3. The summed E-state index contributed by atoms with van der Waals surface area (Å²) in [5.74, 6) is 1.64. The lowest BCUT2D eigenvalue weighted by atomic mass is 10.0. The second-order valence-electron chi connectivity index (χ2n) is 10.2. The van der Waals surface area contributed by atoms with E-state index in [9.17, 15) is 14.4 Å². The van der Waals surface area contributed by atoms with Gasteiger partial charge in [0.15, 0.2) is 0 Å². The fourth-order valence-corrected chi connectivity index (χ4v) is 5.33. The number of hydrogen-bond donors (Lipinski definition) is 1. The molecule has 0 radical (unpaired) electrons. The molecule has 37 heavy (non-hydrogen) atoms. The minimum absolute atomic E-state index is 0.0277. The lowest BCUT2D eigenvalue weighted by Gasteiger charge is -2.29. The molecular weight excluding hydrogens is 488 g/mol. The Morgan fingerprint density at radius 2 is 1.89 bits per heavy atom. The van der Waals surface area contributed by atoms with E-state index in [1.54, 1.807) is 14.0 Å². The molecular formula is C27H40N6O3S. The van der Waals surface area contributed by atoms with Crippen LogP contribution in [0.4, 0.5) is 0 Å². The van der Waals surface area contributed by atoms with Gasteiger partial charge in [-0.15, -0.1) is 11.8 Å². The van der Waals surface area contributed by atoms with Gasteiger partial charge < -0.3 is 15.1 Å². The molecule has 1 aromatic carbocycles. The van der Waals surface area contributed by atoms with Gasteiger partial charge in [-0.25, -0.2) is 9.67 Å². The molecule has 0 saturated carbocycles. The highest BCUT2D eigenvalue weighted by Crippen LogP contribution is 2.23. The van der Waals surface area contributed by atoms with Crippen LogP contribution in [0.1, 0.15) is 63.3 Å². The minimum Gasteiger partial charge on any atom is -0.344 e. The Balaban J connectivity index is 1.86. The summed E-state index contributed by atoms with van der Waals surface area (Å²) in [7, 11) is 1.66. The predicted molar refractivity (Wildman–Crippen MR) is 145 cm³/mol. The molecule has 1 aromatic heterocycles. The number of aromatic nitrogens is 3. The van der Waals surface area contributed by atoms with Gasteiger partial charge >= 0.3 is 0 Å². The highest BCUT2D eigenvalue weighted by atomic mass is 32.2. The van der Waals surface area contributed by atoms with Crippen LogP contribution in [-0.2, 0) is 20.9 Å². The third kappa shape index (κ3) is 7.80. The summed E-state index contributed by atoms with van der Waals surface area (Å²) in [4.78, 5) is 48.3. The summed E-state index contributed by atoms with van der Waals surface area (Å²) < 4.78 is 1.82. The van der Waals surface area contributed by atoms with E-state index in [1.807, 2.05) is 47.7 Å². The molecule has 1 aliphatic rings. The van der Waals surface area contributed by atoms with Crippen molar-refractivity contribution in [3.63, 3.8) is 0 Å². The molecule has 2 aromatic rings. The van der Waals surface area contributed by atoms with Crippen molar-refractivity contribution in [3.05, 3.63) is 41.5 Å². The van der Waals surface area contributed by atoms with Crippen LogP contribution in [0.25, 0.3) is 0 Å². The highest BCUT2D eigenvalue weighted by Gasteiger charge is 2.29. The van der Waals surface area contributed by atoms with Gasteiger partial charge in [-0.05, 0) is 51.2 Å². The molecule has 1 aliphatic heterocycles. The van der Waals surface area contributed by atoms with Crippen molar-refractivity contribution in [3.8, 4) is 0 Å². The molecule has 0 spiro atoms. The van der Waals surface area contributed by atoms with E-state index in [2.05, 4.69) is 29.2 Å². The van der Waals surface area contributed by atoms with E-state index < -0.39 is 6.04 Å². The van der Waals surface area contributed by atoms with Gasteiger partial charge in [-0.2, -0.15) is 5.10 Å². The van der Waals surface area contributed by atoms with Crippen molar-refractivity contribution in [2.24, 2.45) is 5.92 Å². The quantitative estimate of drug-likeness (QED) is 0.598. The first kappa shape index (κ1) is 28.7. The van der Waals surface area contributed by atoms with Gasteiger partial charge in [0.25, 0.3) is 0 Å². The van der Waals surface area contributed by atoms with E-state index in [-0.39, 0.29) is 30.2 Å². The summed E-state index contributed by atoms with van der Waals surface area (Å²) in [6, 6.07) is 7.07. The molecule has 2 heterocycles. The topological polar surface area (TPSA) is 100 Å². The summed E-state index contributed by atoms with van der Waals surface area (Å²) >= 11 is 1.53. The van der Waals surface area contributed by atoms with Crippen molar-refractivity contribution < 1.29 is 14.4 Å². The summed E-state index contributed by atoms with van der Waals surface area (Å²) in [6.07, 6.45) is 1.48. The number of fused-ring (bicyclic) bond motifs is 1. The number of carbonyl (C=O) groups excluding carboxylic acids is 3. The third-order valence-corrected chi connectivity index (χ3v) is 7.85. The van der Waals surface area contributed by atoms with Crippen molar-refractivity contribution in [1.29, 1.82) is 0 Å². The molecule has 0 fully saturated rings. The number of amides is 3. The normalized spacial score (nSPS) is 20.0. The summed E-state index contributed by atoms with van der Waals surface area (Å²) in [5.41, 5.74) is 1.14. The van der Waals surface area contributed by atoms with Crippen LogP contribution in [0.2, 0.25) is 0 Å². The van der Waals surface area contributed by atoms with Crippen molar-refractivity contribution >= 4 is 29.5 Å². The van der Waals surface area contributed by atoms with Gasteiger partial charge in [-0.1, -0.05) is 32.0 Å². The number of nitrogens with one attached hydrogen (secondary N) is 1. The standard InChI is InChI=1S/C27H40N6O3S/c1-18(2)16-22-26-28-21(5)30-33(26)15-14-32(25(35)17-37-23-11-8-7-10-19(23)3)13-9-12-24(34)31(6)20(4)27(36)29-22/h7-8,10-11,18,20,22H,9,12-17H2,1-6H3,(H,29,36)/t20-,22+/m0/s1. The van der Waals surface area contributed by atoms with Crippen LogP contribution in [0, 0.1) is 19.8 Å². The van der Waals surface area contributed by atoms with Crippen molar-refractivity contribution in [1.82, 2.24) is 29.9 Å². The van der Waals surface area contributed by atoms with Crippen LogP contribution < -0.4 is 5.32 Å². The van der Waals surface area contributed by atoms with Crippen LogP contribution in [0.5, 0.6) is 0 Å². The largest absolute Gasteiger partial charge is 0.344 e. The summed E-state index contributed by atoms with van der Waals surface area (Å²) in [5, 5.41) is 7.71. The monoisotopic (exact) mass is 528 g/mol. The highest BCUT2D eigenvalue weighted by molar-refractivity contribution is 8.00. The Bertz CT molecular complexity index is 1100. The lowest BCUT2D eigenvalue weighted by Crippen LogP contribution is -2.48. The fraction of sp³-hybridized carbons (Fsp3) is 0.593. The minimum atomic E-state index is -0.620. The van der Waals surface area contributed by atoms with Gasteiger partial charge in [-0.3, -0.25) is 14.4 Å². The van der Waals surface area contributed by atoms with E-state index in [0.29, 0.717) is 55.8 Å². The first-order valence-corrected chi connectivity index (χ1v) is 14.0. The number of nitrogens with zero attached hydrogens (tertiary/aromatic N) is 5. The first-order valence-electron chi connectivity index (χ1n) is 13.0. The zero-order chi connectivity index (χ0) is 27.1. The van der Waals surface area contributed by atoms with Crippen LogP contribution in [-0.4, -0.2) is 74.2 Å². The van der Waals surface area contributed by atoms with E-state index in [4.69, 9.17) is 0 Å². The third-order valence-electron chi connectivity index (χ3n) is 6.69. The molecule has 1 N–H and O–H groups in total. The Morgan fingerprint density at radius 1 is 1.16 bits per heavy atom. The average Bonchev–Trinajstić information content (AvgIpc) is 3.23. The second kappa shape index (κ2) is 13.1. The molecule has 10 heteroatoms. The number of hydrogen-bond acceptors (Lipinski definition) is 6. The molecule has 9 nitrogen and oxygen atoms in total. The zero-order valence-electron chi connectivity index (χ0n) is 22.9. The second-order valence-corrected chi connectivity index (χ2v) is 11.2. The fourth-order valence-electron chi connectivity index (χ4n) is 4.40. The smallest absolute Gasteiger partial charge is 0.243 e. The Kier molecular flexibility index (Phi) is 10.1. The van der Waals surface area contributed by atoms with E-state index >= 15 is 0 Å². The number of thioether (sulfide) groups is 1. The Morgan fingerprint density at radius 3 is 2.59 bits per heavy atom. The van der Waals surface area contributed by atoms with E-state index in [0.717, 1.165) is 10.5 Å². The van der Waals surface area contributed by atoms with Gasteiger partial charge in [0.1, 0.15) is 17.7 Å². The Labute approximate surface area is 224 Å². The zero-order valence-corrected chi connectivity index (χ0v) is 23.7. The molecule has 202 valence electrons. The van der Waals surface area contributed by atoms with Crippen LogP contribution in [0.3, 0.4) is 0 Å². The maximum atomic E-state index is 13.3. The molecule has 3 rings (SSSR count). The number of aryl methyl sites for hydroxylation is 2. The molecule has 2 atom stereocenters. The Hall–Kier alpha value is -2.88. The number of benzene rings is 1. The maximum absolute atomic E-state index is 13.3. The maximum Gasteiger partial charge on any atom is 0.243 e. The van der Waals surface area contributed by atoms with Crippen molar-refractivity contribution in [2.45, 2.75) is 77.4 Å². The van der Waals surface area contributed by atoms with Gasteiger partial charge in [0.05, 0.1) is 18.3 Å². The summed E-state index contributed by atoms with van der Waals surface area (Å²) in [6.45, 7) is 11.2. The molecule has 0 aliphatic carbocycles. The SMILES string of the molecule is Cc1nc2n(n1)CCN(C(=O)CSc1ccccc1C)CCCC(=O)N(C)[C@@H](C)C(=O)N[C@@H]2CC(C)C. The number of rotatable bonds is 5. The lowest BCUT2D eigenvalue weighted by molar-refractivity contribution is -0.139.